The van der Waals surface area contributed by atoms with E-state index in [1.54, 1.807) is 0 Å². The number of nitrogens with two attached hydrogens (primary N) is 1. The van der Waals surface area contributed by atoms with Gasteiger partial charge in [-0.3, -0.25) is 9.82 Å². The Kier molecular flexibility index (Phi) is 3.31. The number of aromatic nitrogens is 2. The smallest absolute Gasteiger partial charge is 0.302 e. The van der Waals surface area contributed by atoms with Crippen LogP contribution in [0.2, 0.25) is 0 Å². The number of anilines is 1. The van der Waals surface area contributed by atoms with Gasteiger partial charge in [-0.25, -0.2) is 0 Å². The summed E-state index contributed by atoms with van der Waals surface area (Å²) in [6.07, 6.45) is 3.16. The van der Waals surface area contributed by atoms with E-state index in [4.69, 9.17) is 18.0 Å². The van der Waals surface area contributed by atoms with Gasteiger partial charge in [-0.1, -0.05) is 12.2 Å². The summed E-state index contributed by atoms with van der Waals surface area (Å²) in [6.45, 7) is 1.07. The Balaban J connectivity index is 2.20. The topological polar surface area (TPSA) is 104 Å². The maximum absolute atomic E-state index is 12.0. The van der Waals surface area contributed by atoms with Gasteiger partial charge in [0.2, 0.25) is 0 Å². The van der Waals surface area contributed by atoms with E-state index >= 15 is 0 Å². The van der Waals surface area contributed by atoms with Crippen LogP contribution in [0, 0.1) is 0 Å². The standard InChI is InChI=1S/C8H13N5O2S2/c9-7(16)6-5-10-11-8(6)12-17(14,15)13-3-1-2-4-13/h5H,1-4H2,(H2,9,16)(H2,10,11,12). The molecule has 4 N–H and O–H groups in total. The lowest BCUT2D eigenvalue weighted by Crippen LogP contribution is -2.34. The summed E-state index contributed by atoms with van der Waals surface area (Å²) in [4.78, 5) is 0.0953. The third-order valence-corrected chi connectivity index (χ3v) is 4.27. The lowest BCUT2D eigenvalue weighted by Gasteiger charge is -2.16. The first kappa shape index (κ1) is 12.3. The first-order chi connectivity index (χ1) is 8.00. The van der Waals surface area contributed by atoms with Crippen LogP contribution in [0.1, 0.15) is 18.4 Å². The molecule has 0 unspecified atom stereocenters. The maximum atomic E-state index is 12.0. The van der Waals surface area contributed by atoms with Crippen molar-refractivity contribution < 1.29 is 8.42 Å². The molecule has 1 aromatic heterocycles. The number of thiocarbonyl (C=S) groups is 1. The minimum atomic E-state index is -3.54. The molecule has 1 aromatic rings. The van der Waals surface area contributed by atoms with E-state index in [0.717, 1.165) is 12.8 Å². The Morgan fingerprint density at radius 1 is 1.53 bits per heavy atom. The molecule has 0 amide bonds. The van der Waals surface area contributed by atoms with E-state index < -0.39 is 10.2 Å². The second kappa shape index (κ2) is 4.59. The summed E-state index contributed by atoms with van der Waals surface area (Å²) in [5.41, 5.74) is 5.85. The molecule has 1 aliphatic heterocycles. The molecule has 0 radical (unpaired) electrons. The summed E-state index contributed by atoms with van der Waals surface area (Å²) in [7, 11) is -3.54. The number of nitrogens with zero attached hydrogens (tertiary/aromatic N) is 2. The molecule has 0 aromatic carbocycles. The third-order valence-electron chi connectivity index (χ3n) is 2.54. The Labute approximate surface area is 105 Å². The number of hydrogen-bond donors (Lipinski definition) is 3. The van der Waals surface area contributed by atoms with Crippen molar-refractivity contribution in [2.75, 3.05) is 17.8 Å². The lowest BCUT2D eigenvalue weighted by atomic mass is 10.3. The van der Waals surface area contributed by atoms with Gasteiger partial charge < -0.3 is 5.73 Å². The van der Waals surface area contributed by atoms with Crippen molar-refractivity contribution >= 4 is 33.2 Å². The number of rotatable bonds is 4. The van der Waals surface area contributed by atoms with E-state index in [2.05, 4.69) is 14.9 Å². The van der Waals surface area contributed by atoms with Crippen molar-refractivity contribution in [1.82, 2.24) is 14.5 Å². The SMILES string of the molecule is NC(=S)c1cn[nH]c1NS(=O)(=O)N1CCCC1. The zero-order valence-corrected chi connectivity index (χ0v) is 10.6. The molecule has 1 fully saturated rings. The Morgan fingerprint density at radius 2 is 2.18 bits per heavy atom. The van der Waals surface area contributed by atoms with Crippen LogP contribution in [-0.4, -0.2) is 41.0 Å². The highest BCUT2D eigenvalue weighted by Crippen LogP contribution is 2.17. The van der Waals surface area contributed by atoms with E-state index in [1.165, 1.54) is 10.5 Å². The van der Waals surface area contributed by atoms with Crippen LogP contribution in [0.4, 0.5) is 5.82 Å². The van der Waals surface area contributed by atoms with Gasteiger partial charge in [-0.05, 0) is 12.8 Å². The van der Waals surface area contributed by atoms with Crippen LogP contribution in [-0.2, 0) is 10.2 Å². The Hall–Kier alpha value is -1.19. The molecule has 2 heterocycles. The first-order valence-electron chi connectivity index (χ1n) is 5.12. The molecule has 9 heteroatoms. The third kappa shape index (κ3) is 2.56. The molecule has 7 nitrogen and oxygen atoms in total. The largest absolute Gasteiger partial charge is 0.389 e. The molecule has 1 aliphatic rings. The Morgan fingerprint density at radius 3 is 2.76 bits per heavy atom. The lowest BCUT2D eigenvalue weighted by molar-refractivity contribution is 0.482. The maximum Gasteiger partial charge on any atom is 0.302 e. The molecule has 0 atom stereocenters. The van der Waals surface area contributed by atoms with Gasteiger partial charge >= 0.3 is 10.2 Å². The van der Waals surface area contributed by atoms with E-state index in [-0.39, 0.29) is 10.8 Å². The zero-order valence-electron chi connectivity index (χ0n) is 9.01. The van der Waals surface area contributed by atoms with Gasteiger partial charge in [0.15, 0.2) is 0 Å². The minimum absolute atomic E-state index is 0.0953. The number of aromatic amines is 1. The summed E-state index contributed by atoms with van der Waals surface area (Å²) in [5.74, 6) is 0.212. The molecular formula is C8H13N5O2S2. The molecule has 1 saturated heterocycles. The van der Waals surface area contributed by atoms with Crippen molar-refractivity contribution in [1.29, 1.82) is 0 Å². The van der Waals surface area contributed by atoms with Gasteiger partial charge in [-0.15, -0.1) is 0 Å². The second-order valence-electron chi connectivity index (χ2n) is 3.74. The van der Waals surface area contributed by atoms with Crippen LogP contribution in [0.15, 0.2) is 6.20 Å². The van der Waals surface area contributed by atoms with Crippen LogP contribution in [0.3, 0.4) is 0 Å². The second-order valence-corrected chi connectivity index (χ2v) is 5.85. The molecule has 0 aliphatic carbocycles. The van der Waals surface area contributed by atoms with E-state index in [1.807, 2.05) is 0 Å². The Bertz CT molecular complexity index is 518. The molecule has 17 heavy (non-hydrogen) atoms. The number of hydrogen-bond acceptors (Lipinski definition) is 4. The summed E-state index contributed by atoms with van der Waals surface area (Å²) in [6, 6.07) is 0. The van der Waals surface area contributed by atoms with Gasteiger partial charge in [0.1, 0.15) is 10.8 Å². The predicted molar refractivity (Wildman–Crippen MR) is 67.8 cm³/mol. The van der Waals surface area contributed by atoms with Crippen LogP contribution >= 0.6 is 12.2 Å². The molecule has 0 saturated carbocycles. The van der Waals surface area contributed by atoms with Crippen LogP contribution < -0.4 is 10.5 Å². The van der Waals surface area contributed by atoms with Crippen LogP contribution in [0.25, 0.3) is 0 Å². The fourth-order valence-electron chi connectivity index (χ4n) is 1.67. The molecule has 0 spiro atoms. The van der Waals surface area contributed by atoms with Gasteiger partial charge in [0.05, 0.1) is 11.8 Å². The van der Waals surface area contributed by atoms with Crippen molar-refractivity contribution in [3.63, 3.8) is 0 Å². The monoisotopic (exact) mass is 275 g/mol. The average Bonchev–Trinajstić information content (AvgIpc) is 2.85. The number of nitrogens with one attached hydrogen (secondary N) is 2. The minimum Gasteiger partial charge on any atom is -0.389 e. The highest BCUT2D eigenvalue weighted by molar-refractivity contribution is 7.90. The summed E-state index contributed by atoms with van der Waals surface area (Å²) >= 11 is 4.80. The molecule has 0 bridgehead atoms. The number of H-pyrrole nitrogens is 1. The normalized spacial score (nSPS) is 17.2. The predicted octanol–water partition coefficient (Wildman–Crippen LogP) is -0.204. The fraction of sp³-hybridized carbons (Fsp3) is 0.500. The van der Waals surface area contributed by atoms with E-state index in [9.17, 15) is 8.42 Å². The highest BCUT2D eigenvalue weighted by atomic mass is 32.2. The average molecular weight is 275 g/mol. The molecule has 94 valence electrons. The van der Waals surface area contributed by atoms with Gasteiger partial charge in [0, 0.05) is 13.1 Å². The molecule has 2 rings (SSSR count). The zero-order chi connectivity index (χ0) is 12.5. The van der Waals surface area contributed by atoms with Gasteiger partial charge in [-0.2, -0.15) is 17.8 Å². The summed E-state index contributed by atoms with van der Waals surface area (Å²) < 4.78 is 27.7. The van der Waals surface area contributed by atoms with Crippen molar-refractivity contribution in [3.8, 4) is 0 Å². The van der Waals surface area contributed by atoms with Crippen molar-refractivity contribution in [3.05, 3.63) is 11.8 Å². The van der Waals surface area contributed by atoms with E-state index in [0.29, 0.717) is 18.7 Å². The van der Waals surface area contributed by atoms with Crippen LogP contribution in [0.5, 0.6) is 0 Å². The van der Waals surface area contributed by atoms with Crippen molar-refractivity contribution in [2.45, 2.75) is 12.8 Å². The first-order valence-corrected chi connectivity index (χ1v) is 6.96. The van der Waals surface area contributed by atoms with Gasteiger partial charge in [0.25, 0.3) is 0 Å². The summed E-state index contributed by atoms with van der Waals surface area (Å²) in [5, 5.41) is 6.25. The highest BCUT2D eigenvalue weighted by Gasteiger charge is 2.26. The quantitative estimate of drug-likeness (QED) is 0.660. The fourth-order valence-corrected chi connectivity index (χ4v) is 3.11. The van der Waals surface area contributed by atoms with Crippen molar-refractivity contribution in [2.24, 2.45) is 5.73 Å². The molecular weight excluding hydrogens is 262 g/mol.